The highest BCUT2D eigenvalue weighted by Gasteiger charge is 2.25. The van der Waals surface area contributed by atoms with E-state index < -0.39 is 0 Å². The molecule has 0 amide bonds. The Bertz CT molecular complexity index is 698. The van der Waals surface area contributed by atoms with Gasteiger partial charge in [-0.15, -0.1) is 23.2 Å². The van der Waals surface area contributed by atoms with Gasteiger partial charge in [0, 0.05) is 35.1 Å². The summed E-state index contributed by atoms with van der Waals surface area (Å²) in [5.74, 6) is 1.11. The molecule has 1 atom stereocenters. The van der Waals surface area contributed by atoms with Crippen molar-refractivity contribution >= 4 is 34.6 Å². The van der Waals surface area contributed by atoms with Crippen molar-refractivity contribution in [3.8, 4) is 0 Å². The molecule has 120 valence electrons. The summed E-state index contributed by atoms with van der Waals surface area (Å²) in [6.45, 7) is 3.56. The number of aliphatic imine (C=N–C) groups is 1. The molecule has 1 heterocycles. The molecular formula is C19H20Cl2N2. The molecule has 1 unspecified atom stereocenters. The third-order valence-corrected chi connectivity index (χ3v) is 4.69. The lowest BCUT2D eigenvalue weighted by molar-refractivity contribution is 0.670. The van der Waals surface area contributed by atoms with E-state index in [4.69, 9.17) is 28.2 Å². The van der Waals surface area contributed by atoms with E-state index in [1.807, 2.05) is 18.2 Å². The number of aryl methyl sites for hydroxylation is 1. The first-order chi connectivity index (χ1) is 11.2. The molecule has 1 aliphatic heterocycles. The van der Waals surface area contributed by atoms with Crippen molar-refractivity contribution < 1.29 is 0 Å². The van der Waals surface area contributed by atoms with Crippen LogP contribution in [0.1, 0.15) is 16.7 Å². The Balaban J connectivity index is 2.16. The van der Waals surface area contributed by atoms with Crippen molar-refractivity contribution in [3.63, 3.8) is 0 Å². The molecule has 4 heteroatoms. The minimum atomic E-state index is 0.164. The third-order valence-electron chi connectivity index (χ3n) is 4.17. The predicted octanol–water partition coefficient (Wildman–Crippen LogP) is 4.50. The van der Waals surface area contributed by atoms with Crippen LogP contribution >= 0.6 is 23.2 Å². The van der Waals surface area contributed by atoms with Gasteiger partial charge in [0.1, 0.15) is 0 Å². The van der Waals surface area contributed by atoms with Gasteiger partial charge in [0.25, 0.3) is 0 Å². The van der Waals surface area contributed by atoms with Gasteiger partial charge in [0.15, 0.2) is 0 Å². The monoisotopic (exact) mass is 346 g/mol. The van der Waals surface area contributed by atoms with E-state index >= 15 is 0 Å². The first-order valence-corrected chi connectivity index (χ1v) is 8.91. The first kappa shape index (κ1) is 16.4. The van der Waals surface area contributed by atoms with Crippen molar-refractivity contribution in [2.24, 2.45) is 4.99 Å². The molecule has 0 N–H and O–H groups in total. The van der Waals surface area contributed by atoms with Crippen molar-refractivity contribution in [2.45, 2.75) is 13.0 Å². The third kappa shape index (κ3) is 3.39. The van der Waals surface area contributed by atoms with Gasteiger partial charge in [-0.2, -0.15) is 0 Å². The lowest BCUT2D eigenvalue weighted by Crippen LogP contribution is -2.40. The number of hydrogen-bond acceptors (Lipinski definition) is 2. The maximum Gasteiger partial charge on any atom is 0.0740 e. The number of benzodiazepines with no additional fused rings is 1. The van der Waals surface area contributed by atoms with E-state index in [0.29, 0.717) is 18.3 Å². The number of fused-ring (bicyclic) bond motifs is 1. The van der Waals surface area contributed by atoms with Crippen molar-refractivity contribution in [3.05, 3.63) is 65.2 Å². The number of hydrogen-bond donors (Lipinski definition) is 0. The van der Waals surface area contributed by atoms with Crippen molar-refractivity contribution in [1.82, 2.24) is 0 Å². The molecule has 2 nitrogen and oxygen atoms in total. The smallest absolute Gasteiger partial charge is 0.0740 e. The Morgan fingerprint density at radius 2 is 1.91 bits per heavy atom. The quantitative estimate of drug-likeness (QED) is 0.744. The van der Waals surface area contributed by atoms with Crippen LogP contribution in [-0.4, -0.2) is 36.6 Å². The molecule has 0 aliphatic carbocycles. The van der Waals surface area contributed by atoms with Crippen LogP contribution in [0.4, 0.5) is 5.69 Å². The summed E-state index contributed by atoms with van der Waals surface area (Å²) in [4.78, 5) is 7.20. The van der Waals surface area contributed by atoms with Gasteiger partial charge >= 0.3 is 0 Å². The summed E-state index contributed by atoms with van der Waals surface area (Å²) in [6, 6.07) is 17.0. The van der Waals surface area contributed by atoms with Gasteiger partial charge in [0.2, 0.25) is 0 Å². The van der Waals surface area contributed by atoms with Crippen LogP contribution in [0.5, 0.6) is 0 Å². The number of nitrogens with zero attached hydrogens (tertiary/aromatic N) is 2. The van der Waals surface area contributed by atoms with Gasteiger partial charge in [-0.05, 0) is 18.6 Å². The number of alkyl halides is 2. The highest BCUT2D eigenvalue weighted by atomic mass is 35.5. The molecular weight excluding hydrogens is 327 g/mol. The average molecular weight is 347 g/mol. The summed E-state index contributed by atoms with van der Waals surface area (Å²) in [6.07, 6.45) is 0. The summed E-state index contributed by atoms with van der Waals surface area (Å²) in [7, 11) is 0. The first-order valence-electron chi connectivity index (χ1n) is 7.84. The average Bonchev–Trinajstić information content (AvgIpc) is 2.73. The minimum absolute atomic E-state index is 0.164. The summed E-state index contributed by atoms with van der Waals surface area (Å²) in [5.41, 5.74) is 5.73. The Hall–Kier alpha value is -1.51. The highest BCUT2D eigenvalue weighted by molar-refractivity contribution is 6.20. The lowest BCUT2D eigenvalue weighted by atomic mass is 9.98. The van der Waals surface area contributed by atoms with Crippen molar-refractivity contribution in [1.29, 1.82) is 0 Å². The second kappa shape index (κ2) is 7.37. The molecule has 0 bridgehead atoms. The molecule has 0 fully saturated rings. The zero-order valence-electron chi connectivity index (χ0n) is 13.2. The van der Waals surface area contributed by atoms with Gasteiger partial charge in [-0.3, -0.25) is 4.99 Å². The second-order valence-corrected chi connectivity index (χ2v) is 6.45. The number of benzene rings is 2. The Labute approximate surface area is 147 Å². The Morgan fingerprint density at radius 1 is 1.13 bits per heavy atom. The van der Waals surface area contributed by atoms with Crippen LogP contribution < -0.4 is 4.90 Å². The molecule has 0 saturated carbocycles. The zero-order chi connectivity index (χ0) is 16.2. The van der Waals surface area contributed by atoms with E-state index in [0.717, 1.165) is 23.4 Å². The largest absolute Gasteiger partial charge is 0.364 e. The molecule has 1 aliphatic rings. The van der Waals surface area contributed by atoms with Gasteiger partial charge in [0.05, 0.1) is 18.3 Å². The minimum Gasteiger partial charge on any atom is -0.364 e. The number of rotatable bonds is 4. The predicted molar refractivity (Wildman–Crippen MR) is 101 cm³/mol. The fourth-order valence-electron chi connectivity index (χ4n) is 3.03. The van der Waals surface area contributed by atoms with E-state index in [1.165, 1.54) is 11.3 Å². The summed E-state index contributed by atoms with van der Waals surface area (Å²) < 4.78 is 0. The Morgan fingerprint density at radius 3 is 2.61 bits per heavy atom. The second-order valence-electron chi connectivity index (χ2n) is 5.77. The van der Waals surface area contributed by atoms with Crippen LogP contribution in [0.3, 0.4) is 0 Å². The maximum absolute atomic E-state index is 6.23. The molecule has 0 aromatic heterocycles. The molecule has 3 rings (SSSR count). The maximum atomic E-state index is 6.23. The topological polar surface area (TPSA) is 15.6 Å². The van der Waals surface area contributed by atoms with E-state index in [9.17, 15) is 0 Å². The Kier molecular flexibility index (Phi) is 5.24. The van der Waals surface area contributed by atoms with Gasteiger partial charge < -0.3 is 4.90 Å². The molecule has 0 spiro atoms. The van der Waals surface area contributed by atoms with Crippen LogP contribution in [0, 0.1) is 6.92 Å². The van der Waals surface area contributed by atoms with Crippen LogP contribution in [0.25, 0.3) is 0 Å². The van der Waals surface area contributed by atoms with Crippen molar-refractivity contribution in [2.75, 3.05) is 29.7 Å². The zero-order valence-corrected chi connectivity index (χ0v) is 14.7. The highest BCUT2D eigenvalue weighted by Crippen LogP contribution is 2.30. The fourth-order valence-corrected chi connectivity index (χ4v) is 3.47. The standard InChI is InChI=1S/C19H20Cl2N2/c1-14-7-8-17-18(11-14)23(10-9-20)16(12-21)13-22-19(17)15-5-3-2-4-6-15/h2-8,11,16H,9-10,12-13H2,1H3. The summed E-state index contributed by atoms with van der Waals surface area (Å²) in [5, 5.41) is 0. The van der Waals surface area contributed by atoms with E-state index in [1.54, 1.807) is 0 Å². The van der Waals surface area contributed by atoms with Crippen LogP contribution in [0.2, 0.25) is 0 Å². The SMILES string of the molecule is Cc1ccc2c(c1)N(CCCl)C(CCl)CN=C2c1ccccc1. The van der Waals surface area contributed by atoms with E-state index in [2.05, 4.69) is 42.2 Å². The summed E-state index contributed by atoms with van der Waals surface area (Å²) >= 11 is 12.3. The fraction of sp³-hybridized carbons (Fsp3) is 0.316. The molecule has 23 heavy (non-hydrogen) atoms. The molecule has 0 radical (unpaired) electrons. The van der Waals surface area contributed by atoms with Gasteiger partial charge in [-0.1, -0.05) is 42.5 Å². The van der Waals surface area contributed by atoms with Crippen LogP contribution in [-0.2, 0) is 0 Å². The number of halogens is 2. The number of anilines is 1. The van der Waals surface area contributed by atoms with Crippen LogP contribution in [0.15, 0.2) is 53.5 Å². The lowest BCUT2D eigenvalue weighted by Gasteiger charge is -2.31. The normalized spacial score (nSPS) is 17.4. The molecule has 0 saturated heterocycles. The van der Waals surface area contributed by atoms with Gasteiger partial charge in [-0.25, -0.2) is 0 Å². The van der Waals surface area contributed by atoms with E-state index in [-0.39, 0.29) is 6.04 Å². The molecule has 2 aromatic rings. The molecule has 2 aromatic carbocycles.